The first-order valence-electron chi connectivity index (χ1n) is 7.95. The summed E-state index contributed by atoms with van der Waals surface area (Å²) in [7, 11) is 0. The molecule has 0 fully saturated rings. The van der Waals surface area contributed by atoms with Crippen LogP contribution < -0.4 is 21.7 Å². The van der Waals surface area contributed by atoms with Crippen LogP contribution in [0.1, 0.15) is 13.3 Å². The van der Waals surface area contributed by atoms with Crippen molar-refractivity contribution in [2.75, 3.05) is 13.2 Å². The summed E-state index contributed by atoms with van der Waals surface area (Å²) in [5, 5.41) is 51.2. The molecule has 0 aliphatic rings. The first-order valence-corrected chi connectivity index (χ1v) is 7.95. The molecule has 14 heteroatoms. The zero-order chi connectivity index (χ0) is 22.0. The monoisotopic (exact) mass is 408 g/mol. The number of hydrogen-bond donors (Lipinski definition) is 9. The van der Waals surface area contributed by atoms with Crippen molar-refractivity contribution in [1.29, 1.82) is 0 Å². The quantitative estimate of drug-likeness (QED) is 0.147. The summed E-state index contributed by atoms with van der Waals surface area (Å²) >= 11 is 0. The summed E-state index contributed by atoms with van der Waals surface area (Å²) in [4.78, 5) is 57.6. The molecule has 0 aliphatic heterocycles. The summed E-state index contributed by atoms with van der Waals surface area (Å²) in [5.41, 5.74) is 5.26. The van der Waals surface area contributed by atoms with Gasteiger partial charge >= 0.3 is 11.9 Å². The standard InChI is InChI=1S/C14H24N4O10/c1-5(21)10(13(26)16-7(14(27)28)2-9(22)23)18-12(25)8(4-20)17-11(24)6(15)3-19/h5-8,10,19-21H,2-4,15H2,1H3,(H,16,26)(H,17,24)(H,18,25)(H,22,23)(H,27,28)/t5?,6-,7-,8-,10-/m0/s1. The van der Waals surface area contributed by atoms with E-state index in [9.17, 15) is 34.2 Å². The van der Waals surface area contributed by atoms with Crippen molar-refractivity contribution in [2.45, 2.75) is 43.6 Å². The molecule has 0 spiro atoms. The van der Waals surface area contributed by atoms with Crippen molar-refractivity contribution in [3.8, 4) is 0 Å². The molecule has 1 unspecified atom stereocenters. The Bertz CT molecular complexity index is 597. The number of rotatable bonds is 12. The second kappa shape index (κ2) is 11.8. The minimum absolute atomic E-state index is 0.732. The Morgan fingerprint density at radius 1 is 0.857 bits per heavy atom. The van der Waals surface area contributed by atoms with Crippen molar-refractivity contribution in [1.82, 2.24) is 16.0 Å². The van der Waals surface area contributed by atoms with Gasteiger partial charge in [-0.15, -0.1) is 0 Å². The van der Waals surface area contributed by atoms with Crippen LogP contribution in [-0.4, -0.2) is 98.7 Å². The van der Waals surface area contributed by atoms with Gasteiger partial charge < -0.3 is 47.2 Å². The van der Waals surface area contributed by atoms with Gasteiger partial charge in [-0.25, -0.2) is 4.79 Å². The molecule has 0 radical (unpaired) electrons. The Morgan fingerprint density at radius 3 is 1.79 bits per heavy atom. The van der Waals surface area contributed by atoms with Crippen LogP contribution in [0.25, 0.3) is 0 Å². The number of aliphatic hydroxyl groups excluding tert-OH is 3. The van der Waals surface area contributed by atoms with E-state index in [2.05, 4.69) is 0 Å². The molecule has 0 aromatic heterocycles. The molecule has 0 saturated heterocycles. The highest BCUT2D eigenvalue weighted by molar-refractivity contribution is 5.95. The maximum atomic E-state index is 12.2. The average molecular weight is 408 g/mol. The predicted octanol–water partition coefficient (Wildman–Crippen LogP) is -5.31. The fraction of sp³-hybridized carbons (Fsp3) is 0.643. The van der Waals surface area contributed by atoms with Crippen LogP contribution in [0.15, 0.2) is 0 Å². The second-order valence-corrected chi connectivity index (χ2v) is 5.76. The molecule has 0 aromatic rings. The molecule has 14 nitrogen and oxygen atoms in total. The van der Waals surface area contributed by atoms with E-state index in [0.29, 0.717) is 0 Å². The number of nitrogens with one attached hydrogen (secondary N) is 3. The Kier molecular flexibility index (Phi) is 10.6. The number of aliphatic carboxylic acids is 2. The molecule has 0 aromatic carbocycles. The smallest absolute Gasteiger partial charge is 0.326 e. The number of nitrogens with two attached hydrogens (primary N) is 1. The molecule has 10 N–H and O–H groups in total. The molecule has 160 valence electrons. The fourth-order valence-electron chi connectivity index (χ4n) is 1.85. The molecule has 3 amide bonds. The van der Waals surface area contributed by atoms with Crippen LogP contribution >= 0.6 is 0 Å². The molecule has 5 atom stereocenters. The van der Waals surface area contributed by atoms with Gasteiger partial charge in [-0.05, 0) is 6.92 Å². The van der Waals surface area contributed by atoms with Gasteiger partial charge in [0.2, 0.25) is 17.7 Å². The Balaban J connectivity index is 5.18. The lowest BCUT2D eigenvalue weighted by atomic mass is 10.1. The minimum Gasteiger partial charge on any atom is -0.481 e. The average Bonchev–Trinajstić information content (AvgIpc) is 2.61. The minimum atomic E-state index is -1.82. The van der Waals surface area contributed by atoms with Gasteiger partial charge in [-0.3, -0.25) is 19.2 Å². The van der Waals surface area contributed by atoms with Gasteiger partial charge in [0, 0.05) is 0 Å². The van der Waals surface area contributed by atoms with E-state index in [4.69, 9.17) is 21.1 Å². The number of carboxylic acid groups (broad SMARTS) is 2. The van der Waals surface area contributed by atoms with Crippen LogP contribution in [0.3, 0.4) is 0 Å². The van der Waals surface area contributed by atoms with Gasteiger partial charge in [0.15, 0.2) is 0 Å². The maximum absolute atomic E-state index is 12.2. The summed E-state index contributed by atoms with van der Waals surface area (Å²) in [6, 6.07) is -6.50. The Labute approximate surface area is 158 Å². The molecular formula is C14H24N4O10. The molecule has 0 saturated carbocycles. The molecular weight excluding hydrogens is 384 g/mol. The van der Waals surface area contributed by atoms with Crippen LogP contribution in [0, 0.1) is 0 Å². The Morgan fingerprint density at radius 2 is 1.39 bits per heavy atom. The van der Waals surface area contributed by atoms with E-state index in [-0.39, 0.29) is 0 Å². The zero-order valence-electron chi connectivity index (χ0n) is 14.9. The topological polar surface area (TPSA) is 249 Å². The van der Waals surface area contributed by atoms with Gasteiger partial charge in [0.25, 0.3) is 0 Å². The third-order valence-corrected chi connectivity index (χ3v) is 3.40. The molecule has 0 rings (SSSR count). The molecule has 28 heavy (non-hydrogen) atoms. The molecule has 0 heterocycles. The van der Waals surface area contributed by atoms with E-state index in [1.165, 1.54) is 0 Å². The van der Waals surface area contributed by atoms with Crippen LogP contribution in [0.4, 0.5) is 0 Å². The van der Waals surface area contributed by atoms with E-state index in [1.54, 1.807) is 0 Å². The van der Waals surface area contributed by atoms with E-state index in [0.717, 1.165) is 6.92 Å². The predicted molar refractivity (Wildman–Crippen MR) is 89.5 cm³/mol. The van der Waals surface area contributed by atoms with Crippen molar-refractivity contribution in [2.24, 2.45) is 5.73 Å². The third-order valence-electron chi connectivity index (χ3n) is 3.40. The lowest BCUT2D eigenvalue weighted by Gasteiger charge is -2.25. The van der Waals surface area contributed by atoms with Gasteiger partial charge in [-0.1, -0.05) is 0 Å². The van der Waals surface area contributed by atoms with Gasteiger partial charge in [-0.2, -0.15) is 0 Å². The van der Waals surface area contributed by atoms with Crippen molar-refractivity contribution in [3.63, 3.8) is 0 Å². The van der Waals surface area contributed by atoms with Crippen LogP contribution in [-0.2, 0) is 24.0 Å². The highest BCUT2D eigenvalue weighted by atomic mass is 16.4. The summed E-state index contributed by atoms with van der Waals surface area (Å²) in [5.74, 6) is -6.44. The van der Waals surface area contributed by atoms with E-state index < -0.39 is 79.6 Å². The fourth-order valence-corrected chi connectivity index (χ4v) is 1.85. The summed E-state index contributed by atoms with van der Waals surface area (Å²) in [6.07, 6.45) is -2.49. The van der Waals surface area contributed by atoms with Gasteiger partial charge in [0.1, 0.15) is 24.2 Å². The Hall–Kier alpha value is -2.81. The molecule has 0 bridgehead atoms. The first-order chi connectivity index (χ1) is 12.9. The summed E-state index contributed by atoms with van der Waals surface area (Å²) in [6.45, 7) is -0.559. The zero-order valence-corrected chi connectivity index (χ0v) is 14.9. The lowest BCUT2D eigenvalue weighted by molar-refractivity contribution is -0.148. The SMILES string of the molecule is CC(O)[C@H](NC(=O)[C@H](CO)NC(=O)[C@@H](N)CO)C(=O)N[C@@H](CC(=O)O)C(=O)O. The number of carbonyl (C=O) groups excluding carboxylic acids is 3. The summed E-state index contributed by atoms with van der Waals surface area (Å²) < 4.78 is 0. The highest BCUT2D eigenvalue weighted by Crippen LogP contribution is 2.00. The number of hydrogen-bond acceptors (Lipinski definition) is 9. The second-order valence-electron chi connectivity index (χ2n) is 5.76. The van der Waals surface area contributed by atoms with Crippen molar-refractivity contribution >= 4 is 29.7 Å². The lowest BCUT2D eigenvalue weighted by Crippen LogP contribution is -2.60. The van der Waals surface area contributed by atoms with Crippen LogP contribution in [0.2, 0.25) is 0 Å². The van der Waals surface area contributed by atoms with E-state index in [1.807, 2.05) is 16.0 Å². The van der Waals surface area contributed by atoms with Gasteiger partial charge in [0.05, 0.1) is 25.7 Å². The number of aliphatic hydroxyl groups is 3. The van der Waals surface area contributed by atoms with Crippen molar-refractivity contribution in [3.05, 3.63) is 0 Å². The largest absolute Gasteiger partial charge is 0.481 e. The number of carbonyl (C=O) groups is 5. The number of carboxylic acids is 2. The maximum Gasteiger partial charge on any atom is 0.326 e. The van der Waals surface area contributed by atoms with E-state index >= 15 is 0 Å². The number of amides is 3. The van der Waals surface area contributed by atoms with Crippen molar-refractivity contribution < 1.29 is 49.5 Å². The van der Waals surface area contributed by atoms with Crippen LogP contribution in [0.5, 0.6) is 0 Å². The molecule has 0 aliphatic carbocycles. The first kappa shape index (κ1) is 25.2. The third kappa shape index (κ3) is 8.26. The highest BCUT2D eigenvalue weighted by Gasteiger charge is 2.33. The normalized spacial score (nSPS) is 16.0.